The number of nitrogens with one attached hydrogen (secondary N) is 1. The van der Waals surface area contributed by atoms with Gasteiger partial charge in [-0.1, -0.05) is 25.4 Å². The molecule has 0 spiro atoms. The maximum Gasteiger partial charge on any atom is 0.205 e. The van der Waals surface area contributed by atoms with Crippen LogP contribution in [0.15, 0.2) is 17.1 Å². The van der Waals surface area contributed by atoms with Crippen LogP contribution in [0.3, 0.4) is 0 Å². The molecule has 0 saturated heterocycles. The van der Waals surface area contributed by atoms with E-state index < -0.39 is 0 Å². The first-order valence-electron chi connectivity index (χ1n) is 4.89. The minimum atomic E-state index is -0.276. The average Bonchev–Trinajstić information content (AvgIpc) is 2.66. The van der Waals surface area contributed by atoms with Crippen molar-refractivity contribution >= 4 is 17.1 Å². The number of hydrogen-bond donors (Lipinski definition) is 1. The molecule has 5 heteroatoms. The monoisotopic (exact) mass is 235 g/mol. The van der Waals surface area contributed by atoms with Crippen LogP contribution in [0, 0.1) is 11.3 Å². The first-order valence-corrected chi connectivity index (χ1v) is 5.27. The van der Waals surface area contributed by atoms with Gasteiger partial charge < -0.3 is 5.10 Å². The number of H-pyrrole nitrogens is 1. The molecule has 2 aromatic rings. The summed E-state index contributed by atoms with van der Waals surface area (Å²) < 4.78 is 1.55. The third-order valence-corrected chi connectivity index (χ3v) is 2.89. The lowest BCUT2D eigenvalue weighted by Gasteiger charge is -2.09. The van der Waals surface area contributed by atoms with Gasteiger partial charge in [0, 0.05) is 11.8 Å². The van der Waals surface area contributed by atoms with Crippen LogP contribution < -0.4 is 5.43 Å². The summed E-state index contributed by atoms with van der Waals surface area (Å²) in [6.45, 7) is 3.75. The second-order valence-corrected chi connectivity index (χ2v) is 4.22. The molecule has 2 rings (SSSR count). The molecule has 0 unspecified atom stereocenters. The largest absolute Gasteiger partial charge is 0.300 e. The fourth-order valence-corrected chi connectivity index (χ4v) is 2.21. The van der Waals surface area contributed by atoms with E-state index in [4.69, 9.17) is 16.9 Å². The van der Waals surface area contributed by atoms with Gasteiger partial charge in [0.25, 0.3) is 0 Å². The highest BCUT2D eigenvalue weighted by Gasteiger charge is 2.18. The fraction of sp³-hybridized carbons (Fsp3) is 0.273. The van der Waals surface area contributed by atoms with E-state index in [1.54, 1.807) is 16.8 Å². The summed E-state index contributed by atoms with van der Waals surface area (Å²) in [4.78, 5) is 12.0. The summed E-state index contributed by atoms with van der Waals surface area (Å²) in [5.41, 5.74) is 0.844. The molecule has 82 valence electrons. The Balaban J connectivity index is 3.04. The summed E-state index contributed by atoms with van der Waals surface area (Å²) in [5.74, 6) is -0.0210. The number of pyridine rings is 1. The summed E-state index contributed by atoms with van der Waals surface area (Å²) in [7, 11) is 0. The van der Waals surface area contributed by atoms with Crippen molar-refractivity contribution in [2.45, 2.75) is 19.8 Å². The first-order chi connectivity index (χ1) is 7.57. The number of halogens is 1. The summed E-state index contributed by atoms with van der Waals surface area (Å²) in [6.07, 6.45) is 1.64. The molecule has 16 heavy (non-hydrogen) atoms. The zero-order valence-electron chi connectivity index (χ0n) is 8.91. The molecule has 0 fully saturated rings. The molecule has 1 N–H and O–H groups in total. The fourth-order valence-electron chi connectivity index (χ4n) is 1.77. The number of aromatic nitrogens is 2. The van der Waals surface area contributed by atoms with Crippen LogP contribution >= 0.6 is 11.6 Å². The van der Waals surface area contributed by atoms with E-state index in [2.05, 4.69) is 5.10 Å². The standard InChI is InChI=1S/C11H10ClN3O/c1-6(2)9-10(16)7(5-13)8-3-4-14-15(8)11(9)12/h3-4,6,14H,1-2H3. The van der Waals surface area contributed by atoms with E-state index in [0.717, 1.165) is 0 Å². The minimum absolute atomic E-state index is 0.0210. The number of nitrogens with zero attached hydrogens (tertiary/aromatic N) is 2. The third-order valence-electron chi connectivity index (χ3n) is 2.52. The van der Waals surface area contributed by atoms with Crippen molar-refractivity contribution in [3.63, 3.8) is 0 Å². The lowest BCUT2D eigenvalue weighted by atomic mass is 10.0. The van der Waals surface area contributed by atoms with Gasteiger partial charge in [-0.15, -0.1) is 0 Å². The Hall–Kier alpha value is -1.73. The number of fused-ring (bicyclic) bond motifs is 1. The second-order valence-electron chi connectivity index (χ2n) is 3.86. The van der Waals surface area contributed by atoms with Gasteiger partial charge in [0.1, 0.15) is 16.8 Å². The van der Waals surface area contributed by atoms with Crippen LogP contribution in [0.4, 0.5) is 0 Å². The molecular formula is C11H10ClN3O. The Labute approximate surface area is 97.1 Å². The van der Waals surface area contributed by atoms with Gasteiger partial charge in [-0.25, -0.2) is 4.52 Å². The van der Waals surface area contributed by atoms with Gasteiger partial charge in [-0.3, -0.25) is 4.79 Å². The Morgan fingerprint density at radius 1 is 1.56 bits per heavy atom. The molecular weight excluding hydrogens is 226 g/mol. The molecule has 0 radical (unpaired) electrons. The highest BCUT2D eigenvalue weighted by atomic mass is 35.5. The predicted molar refractivity (Wildman–Crippen MR) is 61.8 cm³/mol. The number of aromatic amines is 1. The van der Waals surface area contributed by atoms with Crippen molar-refractivity contribution in [1.82, 2.24) is 9.61 Å². The summed E-state index contributed by atoms with van der Waals surface area (Å²) in [6, 6.07) is 3.60. The maximum absolute atomic E-state index is 12.0. The van der Waals surface area contributed by atoms with Gasteiger partial charge in [0.2, 0.25) is 5.43 Å². The number of rotatable bonds is 1. The molecule has 2 aromatic heterocycles. The van der Waals surface area contributed by atoms with E-state index in [1.165, 1.54) is 0 Å². The average molecular weight is 236 g/mol. The van der Waals surface area contributed by atoms with E-state index in [1.807, 2.05) is 19.9 Å². The molecule has 0 atom stereocenters. The van der Waals surface area contributed by atoms with Crippen molar-refractivity contribution in [3.05, 3.63) is 38.8 Å². The van der Waals surface area contributed by atoms with Crippen LogP contribution in [0.25, 0.3) is 5.52 Å². The topological polar surface area (TPSA) is 61.1 Å². The highest BCUT2D eigenvalue weighted by Crippen LogP contribution is 2.23. The number of hydrogen-bond acceptors (Lipinski definition) is 2. The van der Waals surface area contributed by atoms with E-state index in [-0.39, 0.29) is 16.9 Å². The van der Waals surface area contributed by atoms with Crippen LogP contribution in [0.1, 0.15) is 30.9 Å². The SMILES string of the molecule is CC(C)c1c(Cl)n2[nH]ccc2c(C#N)c1=O. The maximum atomic E-state index is 12.0. The minimum Gasteiger partial charge on any atom is -0.300 e. The van der Waals surface area contributed by atoms with Crippen LogP contribution in [0.5, 0.6) is 0 Å². The molecule has 0 aliphatic heterocycles. The quantitative estimate of drug-likeness (QED) is 0.771. The van der Waals surface area contributed by atoms with Crippen molar-refractivity contribution in [2.24, 2.45) is 0 Å². The van der Waals surface area contributed by atoms with E-state index in [0.29, 0.717) is 16.2 Å². The van der Waals surface area contributed by atoms with Gasteiger partial charge in [-0.05, 0) is 12.0 Å². The second kappa shape index (κ2) is 3.69. The normalized spacial score (nSPS) is 10.9. The smallest absolute Gasteiger partial charge is 0.205 e. The van der Waals surface area contributed by atoms with Crippen LogP contribution in [0.2, 0.25) is 5.15 Å². The van der Waals surface area contributed by atoms with Gasteiger partial charge in [-0.2, -0.15) is 5.26 Å². The van der Waals surface area contributed by atoms with E-state index >= 15 is 0 Å². The molecule has 0 aliphatic rings. The van der Waals surface area contributed by atoms with Crippen LogP contribution in [-0.2, 0) is 0 Å². The zero-order chi connectivity index (χ0) is 11.9. The first kappa shape index (κ1) is 10.8. The van der Waals surface area contributed by atoms with Crippen molar-refractivity contribution in [1.29, 1.82) is 5.26 Å². The van der Waals surface area contributed by atoms with Crippen LogP contribution in [-0.4, -0.2) is 9.61 Å². The third kappa shape index (κ3) is 1.33. The lowest BCUT2D eigenvalue weighted by Crippen LogP contribution is -2.17. The molecule has 0 amide bonds. The van der Waals surface area contributed by atoms with Crippen molar-refractivity contribution in [2.75, 3.05) is 0 Å². The Morgan fingerprint density at radius 2 is 2.25 bits per heavy atom. The lowest BCUT2D eigenvalue weighted by molar-refractivity contribution is 0.825. The summed E-state index contributed by atoms with van der Waals surface area (Å²) in [5, 5.41) is 12.2. The van der Waals surface area contributed by atoms with Crippen molar-refractivity contribution in [3.8, 4) is 6.07 Å². The highest BCUT2D eigenvalue weighted by molar-refractivity contribution is 6.30. The predicted octanol–water partition coefficient (Wildman–Crippen LogP) is 2.28. The van der Waals surface area contributed by atoms with Crippen molar-refractivity contribution < 1.29 is 0 Å². The van der Waals surface area contributed by atoms with Gasteiger partial charge >= 0.3 is 0 Å². The van der Waals surface area contributed by atoms with E-state index in [9.17, 15) is 4.79 Å². The molecule has 0 bridgehead atoms. The van der Waals surface area contributed by atoms with Gasteiger partial charge in [0.05, 0.1) is 5.52 Å². The Morgan fingerprint density at radius 3 is 2.81 bits per heavy atom. The summed E-state index contributed by atoms with van der Waals surface area (Å²) >= 11 is 6.13. The molecule has 0 aliphatic carbocycles. The Kier molecular flexibility index (Phi) is 2.49. The molecule has 4 nitrogen and oxygen atoms in total. The molecule has 0 aromatic carbocycles. The van der Waals surface area contributed by atoms with Gasteiger partial charge in [0.15, 0.2) is 0 Å². The number of nitriles is 1. The molecule has 0 saturated carbocycles. The molecule has 2 heterocycles. The zero-order valence-corrected chi connectivity index (χ0v) is 9.67. The Bertz CT molecular complexity index is 646.